The van der Waals surface area contributed by atoms with E-state index in [1.165, 1.54) is 4.90 Å². The lowest BCUT2D eigenvalue weighted by Crippen LogP contribution is -2.51. The Morgan fingerprint density at radius 1 is 1.20 bits per heavy atom. The number of halogens is 1. The van der Waals surface area contributed by atoms with E-state index in [0.717, 1.165) is 15.9 Å². The lowest BCUT2D eigenvalue weighted by Gasteiger charge is -2.36. The molecule has 1 aromatic heterocycles. The highest BCUT2D eigenvalue weighted by atomic mass is 79.9. The van der Waals surface area contributed by atoms with Gasteiger partial charge in [0, 0.05) is 36.8 Å². The second kappa shape index (κ2) is 8.05. The summed E-state index contributed by atoms with van der Waals surface area (Å²) in [5.74, 6) is 0.516. The molecule has 0 spiro atoms. The lowest BCUT2D eigenvalue weighted by atomic mass is 9.92. The minimum atomic E-state index is -1.08. The molecule has 0 bridgehead atoms. The van der Waals surface area contributed by atoms with Gasteiger partial charge in [-0.2, -0.15) is 5.26 Å². The summed E-state index contributed by atoms with van der Waals surface area (Å²) in [6.07, 6.45) is 1.64. The molecule has 8 nitrogen and oxygen atoms in total. The average molecular weight is 469 g/mol. The Balaban J connectivity index is 1.41. The molecule has 3 heterocycles. The van der Waals surface area contributed by atoms with Crippen LogP contribution in [0.4, 0.5) is 10.6 Å². The first-order chi connectivity index (χ1) is 14.4. The van der Waals surface area contributed by atoms with E-state index in [4.69, 9.17) is 5.26 Å². The zero-order valence-electron chi connectivity index (χ0n) is 16.5. The van der Waals surface area contributed by atoms with Crippen molar-refractivity contribution in [2.24, 2.45) is 0 Å². The summed E-state index contributed by atoms with van der Waals surface area (Å²) in [7, 11) is 0. The van der Waals surface area contributed by atoms with Gasteiger partial charge in [0.25, 0.3) is 5.91 Å². The number of pyridine rings is 1. The van der Waals surface area contributed by atoms with Gasteiger partial charge in [-0.05, 0) is 36.8 Å². The predicted molar refractivity (Wildman–Crippen MR) is 114 cm³/mol. The first kappa shape index (κ1) is 20.3. The van der Waals surface area contributed by atoms with Crippen LogP contribution < -0.4 is 10.2 Å². The first-order valence-corrected chi connectivity index (χ1v) is 10.4. The number of hydrogen-bond donors (Lipinski definition) is 1. The first-order valence-electron chi connectivity index (χ1n) is 9.64. The van der Waals surface area contributed by atoms with Crippen molar-refractivity contribution in [3.05, 3.63) is 58.2 Å². The fourth-order valence-electron chi connectivity index (χ4n) is 3.80. The molecule has 0 saturated carbocycles. The molecule has 4 rings (SSSR count). The summed E-state index contributed by atoms with van der Waals surface area (Å²) in [4.78, 5) is 35.5. The highest BCUT2D eigenvalue weighted by Crippen LogP contribution is 2.30. The van der Waals surface area contributed by atoms with E-state index >= 15 is 0 Å². The number of hydrogen-bond acceptors (Lipinski definition) is 6. The largest absolute Gasteiger partial charge is 0.354 e. The molecular formula is C21H21BrN6O2. The Kier molecular flexibility index (Phi) is 5.45. The van der Waals surface area contributed by atoms with Crippen molar-refractivity contribution in [1.29, 1.82) is 5.26 Å². The van der Waals surface area contributed by atoms with Crippen LogP contribution in [0, 0.1) is 11.3 Å². The molecule has 30 heavy (non-hydrogen) atoms. The van der Waals surface area contributed by atoms with Gasteiger partial charge in [-0.25, -0.2) is 14.7 Å². The van der Waals surface area contributed by atoms with Crippen LogP contribution in [0.1, 0.15) is 18.1 Å². The van der Waals surface area contributed by atoms with Crippen LogP contribution in [0.2, 0.25) is 0 Å². The van der Waals surface area contributed by atoms with E-state index in [1.807, 2.05) is 24.3 Å². The van der Waals surface area contributed by atoms with Gasteiger partial charge in [-0.15, -0.1) is 0 Å². The zero-order valence-corrected chi connectivity index (χ0v) is 18.1. The van der Waals surface area contributed by atoms with E-state index in [0.29, 0.717) is 31.7 Å². The zero-order chi connectivity index (χ0) is 21.3. The fraction of sp³-hybridized carbons (Fsp3) is 0.333. The number of amides is 3. The van der Waals surface area contributed by atoms with E-state index in [2.05, 4.69) is 42.1 Å². The van der Waals surface area contributed by atoms with E-state index < -0.39 is 5.54 Å². The van der Waals surface area contributed by atoms with E-state index in [9.17, 15) is 9.59 Å². The summed E-state index contributed by atoms with van der Waals surface area (Å²) in [5.41, 5.74) is 0.240. The standard InChI is InChI=1S/C21H21BrN6O2/c1-21(16-3-2-4-17(22)12-16)19(29)28(20(30)25-21)14-26-7-9-27(10-8-26)18-11-15(13-23)5-6-24-18/h2-6,11-12H,7-10,14H2,1H3,(H,25,30). The maximum absolute atomic E-state index is 13.1. The summed E-state index contributed by atoms with van der Waals surface area (Å²) in [5, 5.41) is 11.9. The van der Waals surface area contributed by atoms with Gasteiger partial charge in [-0.1, -0.05) is 28.1 Å². The third-order valence-electron chi connectivity index (χ3n) is 5.59. The molecule has 2 fully saturated rings. The number of nitriles is 1. The average Bonchev–Trinajstić information content (AvgIpc) is 2.98. The number of aromatic nitrogens is 1. The molecule has 2 saturated heterocycles. The normalized spacial score (nSPS) is 22.2. The van der Waals surface area contributed by atoms with Crippen molar-refractivity contribution in [3.8, 4) is 6.07 Å². The second-order valence-electron chi connectivity index (χ2n) is 7.56. The summed E-state index contributed by atoms with van der Waals surface area (Å²) >= 11 is 3.42. The number of rotatable bonds is 4. The molecule has 1 N–H and O–H groups in total. The molecule has 2 aromatic rings. The summed E-state index contributed by atoms with van der Waals surface area (Å²) < 4.78 is 0.854. The van der Waals surface area contributed by atoms with Crippen LogP contribution in [0.5, 0.6) is 0 Å². The number of imide groups is 1. The Labute approximate surface area is 183 Å². The van der Waals surface area contributed by atoms with Crippen LogP contribution >= 0.6 is 15.9 Å². The van der Waals surface area contributed by atoms with Crippen molar-refractivity contribution < 1.29 is 9.59 Å². The van der Waals surface area contributed by atoms with Crippen molar-refractivity contribution in [1.82, 2.24) is 20.1 Å². The van der Waals surface area contributed by atoms with Crippen molar-refractivity contribution in [2.75, 3.05) is 37.7 Å². The van der Waals surface area contributed by atoms with Crippen molar-refractivity contribution in [2.45, 2.75) is 12.5 Å². The van der Waals surface area contributed by atoms with Gasteiger partial charge in [0.2, 0.25) is 0 Å². The molecule has 2 aliphatic rings. The van der Waals surface area contributed by atoms with Gasteiger partial charge < -0.3 is 10.2 Å². The lowest BCUT2D eigenvalue weighted by molar-refractivity contribution is -0.132. The van der Waals surface area contributed by atoms with Crippen LogP contribution in [-0.2, 0) is 10.3 Å². The molecule has 1 atom stereocenters. The molecule has 9 heteroatoms. The topological polar surface area (TPSA) is 92.6 Å². The maximum Gasteiger partial charge on any atom is 0.326 e. The molecule has 3 amide bonds. The Morgan fingerprint density at radius 2 is 1.97 bits per heavy atom. The maximum atomic E-state index is 13.1. The highest BCUT2D eigenvalue weighted by Gasteiger charge is 2.49. The smallest absolute Gasteiger partial charge is 0.326 e. The molecule has 0 radical (unpaired) electrons. The Morgan fingerprint density at radius 3 is 2.67 bits per heavy atom. The Bertz CT molecular complexity index is 1030. The SMILES string of the molecule is CC1(c2cccc(Br)c2)NC(=O)N(CN2CCN(c3cc(C#N)ccn3)CC2)C1=O. The molecule has 1 aromatic carbocycles. The van der Waals surface area contributed by atoms with Gasteiger partial charge in [0.1, 0.15) is 11.4 Å². The van der Waals surface area contributed by atoms with Gasteiger partial charge >= 0.3 is 6.03 Å². The second-order valence-corrected chi connectivity index (χ2v) is 8.48. The van der Waals surface area contributed by atoms with Gasteiger partial charge in [0.05, 0.1) is 18.3 Å². The number of urea groups is 1. The van der Waals surface area contributed by atoms with Crippen molar-refractivity contribution in [3.63, 3.8) is 0 Å². The number of nitrogens with one attached hydrogen (secondary N) is 1. The molecular weight excluding hydrogens is 448 g/mol. The van der Waals surface area contributed by atoms with Crippen LogP contribution in [0.25, 0.3) is 0 Å². The van der Waals surface area contributed by atoms with Crippen LogP contribution in [-0.4, -0.2) is 59.6 Å². The number of piperazine rings is 1. The molecule has 154 valence electrons. The predicted octanol–water partition coefficient (Wildman–Crippen LogP) is 2.26. The van der Waals surface area contributed by atoms with Crippen LogP contribution in [0.3, 0.4) is 0 Å². The van der Waals surface area contributed by atoms with Crippen LogP contribution in [0.15, 0.2) is 47.1 Å². The fourth-order valence-corrected chi connectivity index (χ4v) is 4.20. The van der Waals surface area contributed by atoms with Crippen molar-refractivity contribution >= 4 is 33.7 Å². The molecule has 1 unspecified atom stereocenters. The summed E-state index contributed by atoms with van der Waals surface area (Å²) in [6.45, 7) is 4.75. The monoisotopic (exact) mass is 468 g/mol. The third-order valence-corrected chi connectivity index (χ3v) is 6.08. The minimum absolute atomic E-state index is 0.244. The van der Waals surface area contributed by atoms with Gasteiger partial charge in [0.15, 0.2) is 0 Å². The number of carbonyl (C=O) groups excluding carboxylic acids is 2. The number of carbonyl (C=O) groups is 2. The minimum Gasteiger partial charge on any atom is -0.354 e. The molecule has 0 aliphatic carbocycles. The van der Waals surface area contributed by atoms with E-state index in [1.54, 1.807) is 25.3 Å². The third kappa shape index (κ3) is 3.76. The summed E-state index contributed by atoms with van der Waals surface area (Å²) in [6, 6.07) is 12.6. The number of benzene rings is 1. The van der Waals surface area contributed by atoms with Gasteiger partial charge in [-0.3, -0.25) is 9.69 Å². The highest BCUT2D eigenvalue weighted by molar-refractivity contribution is 9.10. The number of nitrogens with zero attached hydrogens (tertiary/aromatic N) is 5. The number of anilines is 1. The Hall–Kier alpha value is -2.96. The van der Waals surface area contributed by atoms with E-state index in [-0.39, 0.29) is 18.6 Å². The molecule has 2 aliphatic heterocycles. The quantitative estimate of drug-likeness (QED) is 0.691.